The van der Waals surface area contributed by atoms with Gasteiger partial charge in [0.2, 0.25) is 11.9 Å². The Morgan fingerprint density at radius 1 is 1.22 bits per heavy atom. The SMILES string of the molecule is CC(O)c1ccccc1.CCC(=O)N1Cc2nc(Nc3ccnc(C)c3)ncc2C1(C)C. The second kappa shape index (κ2) is 9.87. The molecule has 1 aliphatic heterocycles. The summed E-state index contributed by atoms with van der Waals surface area (Å²) >= 11 is 0. The molecule has 2 aromatic heterocycles. The van der Waals surface area contributed by atoms with Crippen molar-refractivity contribution in [1.82, 2.24) is 19.9 Å². The number of carbonyl (C=O) groups excluding carboxylic acids is 1. The van der Waals surface area contributed by atoms with Gasteiger partial charge in [-0.05, 0) is 45.4 Å². The van der Waals surface area contributed by atoms with Crippen molar-refractivity contribution in [3.05, 3.63) is 77.4 Å². The van der Waals surface area contributed by atoms with E-state index in [0.717, 1.165) is 28.2 Å². The Balaban J connectivity index is 0.000000269. The van der Waals surface area contributed by atoms with Crippen LogP contribution >= 0.6 is 0 Å². The molecule has 168 valence electrons. The number of aromatic nitrogens is 3. The number of pyridine rings is 1. The van der Waals surface area contributed by atoms with E-state index in [1.54, 1.807) is 13.1 Å². The van der Waals surface area contributed by atoms with Crippen LogP contribution in [0, 0.1) is 6.92 Å². The zero-order valence-corrected chi connectivity index (χ0v) is 19.3. The Morgan fingerprint density at radius 3 is 2.53 bits per heavy atom. The van der Waals surface area contributed by atoms with E-state index in [1.807, 2.05) is 81.3 Å². The first kappa shape index (κ1) is 23.3. The highest BCUT2D eigenvalue weighted by Crippen LogP contribution is 2.38. The van der Waals surface area contributed by atoms with Crippen molar-refractivity contribution < 1.29 is 9.90 Å². The summed E-state index contributed by atoms with van der Waals surface area (Å²) in [5.74, 6) is 0.670. The van der Waals surface area contributed by atoms with Gasteiger partial charge in [0.1, 0.15) is 0 Å². The second-order valence-corrected chi connectivity index (χ2v) is 8.34. The van der Waals surface area contributed by atoms with Crippen LogP contribution < -0.4 is 5.32 Å². The topological polar surface area (TPSA) is 91.2 Å². The smallest absolute Gasteiger partial charge is 0.227 e. The number of fused-ring (bicyclic) bond motifs is 1. The van der Waals surface area contributed by atoms with E-state index in [2.05, 4.69) is 20.3 Å². The van der Waals surface area contributed by atoms with Crippen LogP contribution in [0.1, 0.15) is 62.7 Å². The molecule has 0 saturated heterocycles. The Morgan fingerprint density at radius 2 is 1.94 bits per heavy atom. The van der Waals surface area contributed by atoms with Crippen molar-refractivity contribution in [3.63, 3.8) is 0 Å². The van der Waals surface area contributed by atoms with Gasteiger partial charge in [-0.1, -0.05) is 37.3 Å². The molecule has 32 heavy (non-hydrogen) atoms. The van der Waals surface area contributed by atoms with Crippen molar-refractivity contribution in [2.45, 2.75) is 59.2 Å². The van der Waals surface area contributed by atoms with E-state index in [9.17, 15) is 4.79 Å². The van der Waals surface area contributed by atoms with Crippen molar-refractivity contribution in [2.75, 3.05) is 5.32 Å². The fourth-order valence-corrected chi connectivity index (χ4v) is 3.68. The van der Waals surface area contributed by atoms with Crippen LogP contribution in [0.5, 0.6) is 0 Å². The second-order valence-electron chi connectivity index (χ2n) is 8.34. The Labute approximate surface area is 189 Å². The van der Waals surface area contributed by atoms with Crippen LogP contribution in [-0.2, 0) is 16.9 Å². The predicted molar refractivity (Wildman–Crippen MR) is 125 cm³/mol. The molecular weight excluding hydrogens is 402 g/mol. The quantitative estimate of drug-likeness (QED) is 0.622. The normalized spacial score (nSPS) is 14.8. The van der Waals surface area contributed by atoms with Crippen LogP contribution in [0.15, 0.2) is 54.9 Å². The maximum absolute atomic E-state index is 12.2. The van der Waals surface area contributed by atoms with Gasteiger partial charge in [0.25, 0.3) is 0 Å². The number of nitrogens with zero attached hydrogens (tertiary/aromatic N) is 4. The van der Waals surface area contributed by atoms with Crippen molar-refractivity contribution in [1.29, 1.82) is 0 Å². The first-order valence-corrected chi connectivity index (χ1v) is 10.8. The number of hydrogen-bond acceptors (Lipinski definition) is 6. The summed E-state index contributed by atoms with van der Waals surface area (Å²) in [7, 11) is 0. The molecule has 0 radical (unpaired) electrons. The first-order valence-electron chi connectivity index (χ1n) is 10.8. The summed E-state index contributed by atoms with van der Waals surface area (Å²) in [5, 5.41) is 12.2. The van der Waals surface area contributed by atoms with Gasteiger partial charge in [0.15, 0.2) is 0 Å². The van der Waals surface area contributed by atoms with Gasteiger partial charge >= 0.3 is 0 Å². The average Bonchev–Trinajstić information content (AvgIpc) is 3.04. The number of benzene rings is 1. The third-order valence-corrected chi connectivity index (χ3v) is 5.55. The van der Waals surface area contributed by atoms with Crippen LogP contribution in [-0.4, -0.2) is 30.9 Å². The summed E-state index contributed by atoms with van der Waals surface area (Å²) in [4.78, 5) is 27.2. The lowest BCUT2D eigenvalue weighted by molar-refractivity contribution is -0.136. The van der Waals surface area contributed by atoms with Gasteiger partial charge in [0, 0.05) is 35.8 Å². The highest BCUT2D eigenvalue weighted by molar-refractivity contribution is 5.78. The van der Waals surface area contributed by atoms with Gasteiger partial charge in [0.05, 0.1) is 23.9 Å². The van der Waals surface area contributed by atoms with Crippen molar-refractivity contribution in [3.8, 4) is 0 Å². The summed E-state index contributed by atoms with van der Waals surface area (Å²) in [6.07, 6.45) is 3.72. The van der Waals surface area contributed by atoms with Crippen LogP contribution in [0.25, 0.3) is 0 Å². The van der Waals surface area contributed by atoms with Crippen molar-refractivity contribution >= 4 is 17.5 Å². The van der Waals surface area contributed by atoms with E-state index in [0.29, 0.717) is 18.9 Å². The Bertz CT molecular complexity index is 1070. The fraction of sp³-hybridized carbons (Fsp3) is 0.360. The number of rotatable bonds is 4. The molecule has 0 spiro atoms. The Hall–Kier alpha value is -3.32. The monoisotopic (exact) mass is 433 g/mol. The van der Waals surface area contributed by atoms with Gasteiger partial charge in [-0.25, -0.2) is 9.97 Å². The molecule has 7 heteroatoms. The lowest BCUT2D eigenvalue weighted by atomic mass is 9.97. The highest BCUT2D eigenvalue weighted by atomic mass is 16.3. The molecule has 2 N–H and O–H groups in total. The van der Waals surface area contributed by atoms with Crippen LogP contribution in [0.4, 0.5) is 11.6 Å². The number of hydrogen-bond donors (Lipinski definition) is 2. The number of nitrogens with one attached hydrogen (secondary N) is 1. The largest absolute Gasteiger partial charge is 0.389 e. The van der Waals surface area contributed by atoms with E-state index >= 15 is 0 Å². The fourth-order valence-electron chi connectivity index (χ4n) is 3.68. The maximum atomic E-state index is 12.2. The number of amides is 1. The van der Waals surface area contributed by atoms with Gasteiger partial charge < -0.3 is 15.3 Å². The van der Waals surface area contributed by atoms with Gasteiger partial charge in [-0.3, -0.25) is 9.78 Å². The number of carbonyl (C=O) groups is 1. The van der Waals surface area contributed by atoms with Crippen molar-refractivity contribution in [2.24, 2.45) is 0 Å². The third kappa shape index (κ3) is 5.29. The molecule has 1 atom stereocenters. The molecule has 1 aliphatic rings. The molecule has 0 saturated carbocycles. The van der Waals surface area contributed by atoms with E-state index < -0.39 is 0 Å². The summed E-state index contributed by atoms with van der Waals surface area (Å²) in [6.45, 7) is 10.2. The molecule has 0 aliphatic carbocycles. The highest BCUT2D eigenvalue weighted by Gasteiger charge is 2.40. The summed E-state index contributed by atoms with van der Waals surface area (Å²) in [5.41, 5.74) is 4.34. The zero-order chi connectivity index (χ0) is 23.3. The molecule has 4 rings (SSSR count). The van der Waals surface area contributed by atoms with Gasteiger partial charge in [-0.15, -0.1) is 0 Å². The average molecular weight is 434 g/mol. The van der Waals surface area contributed by atoms with E-state index in [1.165, 1.54) is 0 Å². The summed E-state index contributed by atoms with van der Waals surface area (Å²) < 4.78 is 0. The standard InChI is InChI=1S/C17H21N5O.C8H10O/c1-5-15(23)22-10-14-13(17(22,3)4)9-19-16(21-14)20-12-6-7-18-11(2)8-12;1-7(9)8-5-3-2-4-6-8/h6-9H,5,10H2,1-4H3,(H,18,19,20,21);2-7,9H,1H3. The molecule has 0 fully saturated rings. The van der Waals surface area contributed by atoms with E-state index in [-0.39, 0.29) is 17.6 Å². The molecular formula is C25H31N5O2. The minimum absolute atomic E-state index is 0.132. The first-order chi connectivity index (χ1) is 15.2. The summed E-state index contributed by atoms with van der Waals surface area (Å²) in [6, 6.07) is 13.4. The molecule has 1 aromatic carbocycles. The predicted octanol–water partition coefficient (Wildman–Crippen LogP) is 4.65. The molecule has 7 nitrogen and oxygen atoms in total. The minimum Gasteiger partial charge on any atom is -0.389 e. The molecule has 1 amide bonds. The number of aliphatic hydroxyl groups excluding tert-OH is 1. The maximum Gasteiger partial charge on any atom is 0.227 e. The minimum atomic E-state index is -0.367. The van der Waals surface area contributed by atoms with Crippen LogP contribution in [0.2, 0.25) is 0 Å². The van der Waals surface area contributed by atoms with Gasteiger partial charge in [-0.2, -0.15) is 0 Å². The number of aryl methyl sites for hydroxylation is 1. The van der Waals surface area contributed by atoms with E-state index in [4.69, 9.17) is 5.11 Å². The Kier molecular flexibility index (Phi) is 7.20. The molecule has 0 bridgehead atoms. The zero-order valence-electron chi connectivity index (χ0n) is 19.3. The lowest BCUT2D eigenvalue weighted by Crippen LogP contribution is -2.39. The lowest BCUT2D eigenvalue weighted by Gasteiger charge is -2.31. The molecule has 3 aromatic rings. The third-order valence-electron chi connectivity index (χ3n) is 5.55. The molecule has 1 unspecified atom stereocenters. The number of aliphatic hydroxyl groups is 1. The molecule has 3 heterocycles. The number of anilines is 2. The van der Waals surface area contributed by atoms with Crippen LogP contribution in [0.3, 0.4) is 0 Å².